The highest BCUT2D eigenvalue weighted by atomic mass is 15.2. The van der Waals surface area contributed by atoms with Crippen LogP contribution < -0.4 is 5.73 Å². The average molecular weight is 247 g/mol. The van der Waals surface area contributed by atoms with Crippen molar-refractivity contribution in [1.29, 1.82) is 0 Å². The summed E-state index contributed by atoms with van der Waals surface area (Å²) in [6, 6.07) is 11.8. The van der Waals surface area contributed by atoms with Crippen LogP contribution in [0.1, 0.15) is 0 Å². The quantitative estimate of drug-likeness (QED) is 0.482. The molecule has 0 bridgehead atoms. The summed E-state index contributed by atoms with van der Waals surface area (Å²) in [6.45, 7) is 0. The maximum atomic E-state index is 5.65. The Balaban J connectivity index is 2.43. The summed E-state index contributed by atoms with van der Waals surface area (Å²) in [6.07, 6.45) is 1.78. The number of hydrogen-bond acceptors (Lipinski definition) is 5. The largest absolute Gasteiger partial charge is 0.366 e. The Hall–Kier alpha value is -2.82. The second-order valence-electron chi connectivity index (χ2n) is 4.31. The first-order valence-electron chi connectivity index (χ1n) is 5.90. The van der Waals surface area contributed by atoms with E-state index in [0.29, 0.717) is 0 Å². The van der Waals surface area contributed by atoms with Gasteiger partial charge in [0.2, 0.25) is 5.95 Å². The molecule has 0 saturated heterocycles. The summed E-state index contributed by atoms with van der Waals surface area (Å²) in [5.74, 6) is 0.174. The third kappa shape index (κ3) is 1.35. The van der Waals surface area contributed by atoms with Gasteiger partial charge in [-0.2, -0.15) is 0 Å². The lowest BCUT2D eigenvalue weighted by Gasteiger charge is -2.07. The zero-order chi connectivity index (χ0) is 12.8. The van der Waals surface area contributed by atoms with E-state index in [9.17, 15) is 0 Å². The van der Waals surface area contributed by atoms with Gasteiger partial charge in [0, 0.05) is 22.4 Å². The lowest BCUT2D eigenvalue weighted by molar-refractivity contribution is 1.04. The molecule has 4 aromatic rings. The Morgan fingerprint density at radius 2 is 1.47 bits per heavy atom. The molecule has 0 saturated carbocycles. The van der Waals surface area contributed by atoms with Crippen molar-refractivity contribution >= 4 is 38.7 Å². The zero-order valence-electron chi connectivity index (χ0n) is 9.91. The van der Waals surface area contributed by atoms with Crippen LogP contribution in [0.25, 0.3) is 32.7 Å². The molecule has 0 spiro atoms. The number of hydrogen-bond donors (Lipinski definition) is 1. The molecule has 0 radical (unpaired) electrons. The lowest BCUT2D eigenvalue weighted by Crippen LogP contribution is -1.99. The van der Waals surface area contributed by atoms with Crippen molar-refractivity contribution in [3.63, 3.8) is 0 Å². The normalized spacial score (nSPS) is 11.4. The van der Waals surface area contributed by atoms with E-state index >= 15 is 0 Å². The monoisotopic (exact) mass is 247 g/mol. The van der Waals surface area contributed by atoms with Crippen LogP contribution in [0, 0.1) is 0 Å². The van der Waals surface area contributed by atoms with Gasteiger partial charge in [0.1, 0.15) is 11.0 Å². The molecule has 0 aliphatic heterocycles. The Morgan fingerprint density at radius 1 is 0.737 bits per heavy atom. The highest BCUT2D eigenvalue weighted by Crippen LogP contribution is 2.31. The molecule has 2 N–H and O–H groups in total. The van der Waals surface area contributed by atoms with Crippen molar-refractivity contribution < 1.29 is 0 Å². The Morgan fingerprint density at radius 3 is 2.32 bits per heavy atom. The number of aromatic nitrogens is 4. The summed E-state index contributed by atoms with van der Waals surface area (Å²) in [5, 5.41) is 11.0. The maximum Gasteiger partial charge on any atom is 0.240 e. The van der Waals surface area contributed by atoms with Gasteiger partial charge < -0.3 is 5.73 Å². The third-order valence-corrected chi connectivity index (χ3v) is 3.20. The molecule has 19 heavy (non-hydrogen) atoms. The average Bonchev–Trinajstić information content (AvgIpc) is 2.47. The fraction of sp³-hybridized carbons (Fsp3) is 0. The molecule has 2 aromatic heterocycles. The van der Waals surface area contributed by atoms with Crippen LogP contribution in [0.15, 0.2) is 42.6 Å². The lowest BCUT2D eigenvalue weighted by atomic mass is 10.0. The number of rotatable bonds is 0. The molecule has 90 valence electrons. The topological polar surface area (TPSA) is 77.6 Å². The summed E-state index contributed by atoms with van der Waals surface area (Å²) in [7, 11) is 0. The molecule has 0 atom stereocenters. The second-order valence-corrected chi connectivity index (χ2v) is 4.31. The number of fused-ring (bicyclic) bond motifs is 6. The maximum absolute atomic E-state index is 5.65. The summed E-state index contributed by atoms with van der Waals surface area (Å²) in [4.78, 5) is 8.78. The molecule has 0 aliphatic carbocycles. The molecule has 5 heteroatoms. The van der Waals surface area contributed by atoms with E-state index in [-0.39, 0.29) is 5.95 Å². The molecular formula is C14H9N5. The SMILES string of the molecule is Nc1nnc2c3ccccc3c3ncccc3c2n1. The fourth-order valence-corrected chi connectivity index (χ4v) is 2.41. The van der Waals surface area contributed by atoms with Crippen molar-refractivity contribution in [3.8, 4) is 0 Å². The number of benzene rings is 2. The number of nitrogens with two attached hydrogens (primary N) is 1. The van der Waals surface area contributed by atoms with Gasteiger partial charge in [-0.05, 0) is 12.1 Å². The van der Waals surface area contributed by atoms with Gasteiger partial charge in [-0.25, -0.2) is 4.98 Å². The number of nitrogen functional groups attached to an aromatic ring is 1. The summed E-state index contributed by atoms with van der Waals surface area (Å²) < 4.78 is 0. The van der Waals surface area contributed by atoms with Crippen molar-refractivity contribution in [3.05, 3.63) is 42.6 Å². The van der Waals surface area contributed by atoms with E-state index in [1.807, 2.05) is 36.4 Å². The molecule has 0 amide bonds. The van der Waals surface area contributed by atoms with Gasteiger partial charge in [-0.3, -0.25) is 4.98 Å². The molecular weight excluding hydrogens is 238 g/mol. The molecule has 5 nitrogen and oxygen atoms in total. The van der Waals surface area contributed by atoms with E-state index in [1.165, 1.54) is 0 Å². The van der Waals surface area contributed by atoms with E-state index < -0.39 is 0 Å². The van der Waals surface area contributed by atoms with Gasteiger partial charge in [0.15, 0.2) is 0 Å². The van der Waals surface area contributed by atoms with Crippen LogP contribution in [0.3, 0.4) is 0 Å². The fourth-order valence-electron chi connectivity index (χ4n) is 2.41. The van der Waals surface area contributed by atoms with Crippen LogP contribution in [0.5, 0.6) is 0 Å². The van der Waals surface area contributed by atoms with Crippen molar-refractivity contribution in [2.45, 2.75) is 0 Å². The predicted octanol–water partition coefficient (Wildman–Crippen LogP) is 2.31. The van der Waals surface area contributed by atoms with E-state index in [0.717, 1.165) is 32.7 Å². The highest BCUT2D eigenvalue weighted by Gasteiger charge is 2.11. The first kappa shape index (κ1) is 10.1. The first-order chi connectivity index (χ1) is 9.34. The molecule has 0 aliphatic rings. The smallest absolute Gasteiger partial charge is 0.240 e. The van der Waals surface area contributed by atoms with Crippen molar-refractivity contribution in [2.75, 3.05) is 5.73 Å². The second kappa shape index (κ2) is 3.58. The Kier molecular flexibility index (Phi) is 1.91. The summed E-state index contributed by atoms with van der Waals surface area (Å²) >= 11 is 0. The van der Waals surface area contributed by atoms with Gasteiger partial charge in [-0.1, -0.05) is 24.3 Å². The Bertz CT molecular complexity index is 897. The molecule has 0 fully saturated rings. The van der Waals surface area contributed by atoms with Crippen LogP contribution >= 0.6 is 0 Å². The minimum absolute atomic E-state index is 0.174. The van der Waals surface area contributed by atoms with Crippen LogP contribution in [-0.4, -0.2) is 20.2 Å². The van der Waals surface area contributed by atoms with Crippen molar-refractivity contribution in [2.24, 2.45) is 0 Å². The van der Waals surface area contributed by atoms with Crippen LogP contribution in [-0.2, 0) is 0 Å². The molecule has 2 heterocycles. The summed E-state index contributed by atoms with van der Waals surface area (Å²) in [5.41, 5.74) is 8.06. The molecule has 4 rings (SSSR count). The first-order valence-corrected chi connectivity index (χ1v) is 5.90. The minimum Gasteiger partial charge on any atom is -0.366 e. The van der Waals surface area contributed by atoms with Crippen molar-refractivity contribution in [1.82, 2.24) is 20.2 Å². The van der Waals surface area contributed by atoms with Crippen LogP contribution in [0.2, 0.25) is 0 Å². The van der Waals surface area contributed by atoms with Crippen LogP contribution in [0.4, 0.5) is 5.95 Å². The standard InChI is InChI=1S/C14H9N5/c15-14-17-12-10-6-3-7-16-11(10)8-4-1-2-5-9(8)13(12)18-19-14/h1-7H,(H2,15,17,19). The predicted molar refractivity (Wildman–Crippen MR) is 74.6 cm³/mol. The van der Waals surface area contributed by atoms with Gasteiger partial charge >= 0.3 is 0 Å². The Labute approximate surface area is 108 Å². The third-order valence-electron chi connectivity index (χ3n) is 3.20. The number of anilines is 1. The van der Waals surface area contributed by atoms with Gasteiger partial charge in [0.05, 0.1) is 5.52 Å². The zero-order valence-corrected chi connectivity index (χ0v) is 9.91. The van der Waals surface area contributed by atoms with Gasteiger partial charge in [0.25, 0.3) is 0 Å². The van der Waals surface area contributed by atoms with E-state index in [2.05, 4.69) is 20.2 Å². The molecule has 2 aromatic carbocycles. The van der Waals surface area contributed by atoms with E-state index in [1.54, 1.807) is 6.20 Å². The molecule has 0 unspecified atom stereocenters. The van der Waals surface area contributed by atoms with Gasteiger partial charge in [-0.15, -0.1) is 10.2 Å². The minimum atomic E-state index is 0.174. The highest BCUT2D eigenvalue weighted by molar-refractivity contribution is 6.21. The van der Waals surface area contributed by atoms with E-state index in [4.69, 9.17) is 5.73 Å². The number of pyridine rings is 1. The number of nitrogens with zero attached hydrogens (tertiary/aromatic N) is 4.